The van der Waals surface area contributed by atoms with Crippen LogP contribution in [0.25, 0.3) is 0 Å². The Morgan fingerprint density at radius 2 is 2.12 bits per heavy atom. The molecule has 0 saturated carbocycles. The fraction of sp³-hybridized carbons (Fsp3) is 0.765. The van der Waals surface area contributed by atoms with Crippen molar-refractivity contribution in [3.05, 3.63) is 16.1 Å². The lowest BCUT2D eigenvalue weighted by atomic mass is 9.99. The highest BCUT2D eigenvalue weighted by Gasteiger charge is 2.14. The third-order valence-corrected chi connectivity index (χ3v) is 5.18. The SMILES string of the molecule is CCNC(=NCCN1CCC(C)CC1)NCCc1ncc(C)s1.I. The third-order valence-electron chi connectivity index (χ3n) is 4.21. The number of likely N-dealkylation sites (tertiary alicyclic amines) is 1. The third kappa shape index (κ3) is 8.11. The van der Waals surface area contributed by atoms with Crippen molar-refractivity contribution in [3.8, 4) is 0 Å². The Kier molecular flexibility index (Phi) is 10.8. The van der Waals surface area contributed by atoms with Crippen LogP contribution in [0.2, 0.25) is 0 Å². The molecule has 0 bridgehead atoms. The molecule has 1 fully saturated rings. The van der Waals surface area contributed by atoms with Crippen LogP contribution in [0.1, 0.15) is 36.6 Å². The molecule has 2 heterocycles. The Morgan fingerprint density at radius 3 is 2.75 bits per heavy atom. The molecule has 138 valence electrons. The first-order chi connectivity index (χ1) is 11.2. The first-order valence-electron chi connectivity index (χ1n) is 8.83. The minimum Gasteiger partial charge on any atom is -0.357 e. The maximum Gasteiger partial charge on any atom is 0.191 e. The van der Waals surface area contributed by atoms with Gasteiger partial charge in [-0.1, -0.05) is 6.92 Å². The van der Waals surface area contributed by atoms with Gasteiger partial charge in [-0.15, -0.1) is 35.3 Å². The second-order valence-corrected chi connectivity index (χ2v) is 7.65. The monoisotopic (exact) mass is 465 g/mol. The van der Waals surface area contributed by atoms with Crippen molar-refractivity contribution in [2.24, 2.45) is 10.9 Å². The lowest BCUT2D eigenvalue weighted by molar-refractivity contribution is 0.197. The summed E-state index contributed by atoms with van der Waals surface area (Å²) in [5.74, 6) is 1.81. The maximum absolute atomic E-state index is 4.70. The lowest BCUT2D eigenvalue weighted by Crippen LogP contribution is -2.39. The van der Waals surface area contributed by atoms with Gasteiger partial charge in [0, 0.05) is 37.1 Å². The van der Waals surface area contributed by atoms with E-state index >= 15 is 0 Å². The highest BCUT2D eigenvalue weighted by Crippen LogP contribution is 2.15. The summed E-state index contributed by atoms with van der Waals surface area (Å²) in [4.78, 5) is 12.9. The van der Waals surface area contributed by atoms with Crippen molar-refractivity contribution in [2.45, 2.75) is 40.0 Å². The lowest BCUT2D eigenvalue weighted by Gasteiger charge is -2.29. The quantitative estimate of drug-likeness (QED) is 0.370. The molecule has 0 aliphatic carbocycles. The van der Waals surface area contributed by atoms with Gasteiger partial charge < -0.3 is 15.5 Å². The van der Waals surface area contributed by atoms with Gasteiger partial charge in [0.05, 0.1) is 11.6 Å². The molecule has 1 aliphatic rings. The Balaban J connectivity index is 0.00000288. The number of hydrogen-bond acceptors (Lipinski definition) is 4. The molecule has 24 heavy (non-hydrogen) atoms. The molecular weight excluding hydrogens is 433 g/mol. The van der Waals surface area contributed by atoms with Crippen LogP contribution in [0.4, 0.5) is 0 Å². The van der Waals surface area contributed by atoms with Gasteiger partial charge in [-0.25, -0.2) is 4.98 Å². The zero-order valence-electron chi connectivity index (χ0n) is 15.2. The molecular formula is C17H32IN5S. The van der Waals surface area contributed by atoms with Crippen LogP contribution in [-0.4, -0.2) is 55.1 Å². The van der Waals surface area contributed by atoms with Gasteiger partial charge in [0.25, 0.3) is 0 Å². The molecule has 1 aliphatic heterocycles. The van der Waals surface area contributed by atoms with Crippen molar-refractivity contribution in [3.63, 3.8) is 0 Å². The number of halogens is 1. The average Bonchev–Trinajstić information content (AvgIpc) is 2.95. The molecule has 0 aromatic carbocycles. The van der Waals surface area contributed by atoms with Crippen molar-refractivity contribution >= 4 is 41.3 Å². The molecule has 2 rings (SSSR count). The fourth-order valence-corrected chi connectivity index (χ4v) is 3.52. The van der Waals surface area contributed by atoms with Crippen LogP contribution in [0.15, 0.2) is 11.2 Å². The number of aryl methyl sites for hydroxylation is 1. The van der Waals surface area contributed by atoms with Gasteiger partial charge in [-0.2, -0.15) is 0 Å². The second kappa shape index (κ2) is 12.0. The molecule has 0 unspecified atom stereocenters. The van der Waals surface area contributed by atoms with Gasteiger partial charge in [-0.05, 0) is 45.7 Å². The van der Waals surface area contributed by atoms with Crippen molar-refractivity contribution in [1.29, 1.82) is 0 Å². The predicted octanol–water partition coefficient (Wildman–Crippen LogP) is 2.90. The van der Waals surface area contributed by atoms with Crippen LogP contribution >= 0.6 is 35.3 Å². The Morgan fingerprint density at radius 1 is 1.38 bits per heavy atom. The van der Waals surface area contributed by atoms with Crippen molar-refractivity contribution in [1.82, 2.24) is 20.5 Å². The van der Waals surface area contributed by atoms with Gasteiger partial charge in [0.2, 0.25) is 0 Å². The predicted molar refractivity (Wildman–Crippen MR) is 115 cm³/mol. The molecule has 5 nitrogen and oxygen atoms in total. The second-order valence-electron chi connectivity index (χ2n) is 6.33. The summed E-state index contributed by atoms with van der Waals surface area (Å²) in [6, 6.07) is 0. The summed E-state index contributed by atoms with van der Waals surface area (Å²) in [7, 11) is 0. The summed E-state index contributed by atoms with van der Waals surface area (Å²) in [6.07, 6.45) is 5.55. The van der Waals surface area contributed by atoms with E-state index in [4.69, 9.17) is 4.99 Å². The van der Waals surface area contributed by atoms with E-state index in [1.54, 1.807) is 11.3 Å². The van der Waals surface area contributed by atoms with E-state index in [0.717, 1.165) is 44.5 Å². The summed E-state index contributed by atoms with van der Waals surface area (Å²) in [5.41, 5.74) is 0. The fourth-order valence-electron chi connectivity index (χ4n) is 2.74. The molecule has 0 amide bonds. The van der Waals surface area contributed by atoms with Gasteiger partial charge >= 0.3 is 0 Å². The molecule has 0 atom stereocenters. The summed E-state index contributed by atoms with van der Waals surface area (Å²) >= 11 is 1.77. The number of aromatic nitrogens is 1. The molecule has 0 spiro atoms. The van der Waals surface area contributed by atoms with E-state index in [0.29, 0.717) is 0 Å². The number of nitrogens with zero attached hydrogens (tertiary/aromatic N) is 3. The first-order valence-corrected chi connectivity index (χ1v) is 9.65. The normalized spacial score (nSPS) is 16.7. The van der Waals surface area contributed by atoms with E-state index in [-0.39, 0.29) is 24.0 Å². The van der Waals surface area contributed by atoms with E-state index < -0.39 is 0 Å². The number of guanidine groups is 1. The summed E-state index contributed by atoms with van der Waals surface area (Å²) in [5, 5.41) is 7.92. The van der Waals surface area contributed by atoms with E-state index in [1.165, 1.54) is 35.8 Å². The Hall–Kier alpha value is -0.410. The smallest absolute Gasteiger partial charge is 0.191 e. The molecule has 1 saturated heterocycles. The molecule has 7 heteroatoms. The van der Waals surface area contributed by atoms with Crippen LogP contribution < -0.4 is 10.6 Å². The minimum absolute atomic E-state index is 0. The number of piperidine rings is 1. The van der Waals surface area contributed by atoms with E-state index in [1.807, 2.05) is 6.20 Å². The highest BCUT2D eigenvalue weighted by atomic mass is 127. The Bertz CT molecular complexity index is 483. The van der Waals surface area contributed by atoms with E-state index in [2.05, 4.69) is 41.3 Å². The van der Waals surface area contributed by atoms with Crippen LogP contribution in [-0.2, 0) is 6.42 Å². The number of rotatable bonds is 7. The molecule has 1 aromatic rings. The standard InChI is InChI=1S/C17H31N5S.HI/c1-4-18-17(19-8-5-16-21-13-15(3)23-16)20-9-12-22-10-6-14(2)7-11-22;/h13-14H,4-12H2,1-3H3,(H2,18,19,20);1H. The van der Waals surface area contributed by atoms with Gasteiger partial charge in [-0.3, -0.25) is 4.99 Å². The number of thiazole rings is 1. The largest absolute Gasteiger partial charge is 0.357 e. The summed E-state index contributed by atoms with van der Waals surface area (Å²) < 4.78 is 0. The topological polar surface area (TPSA) is 52.6 Å². The first kappa shape index (κ1) is 21.6. The maximum atomic E-state index is 4.70. The zero-order valence-corrected chi connectivity index (χ0v) is 18.3. The average molecular weight is 465 g/mol. The highest BCUT2D eigenvalue weighted by molar-refractivity contribution is 14.0. The summed E-state index contributed by atoms with van der Waals surface area (Å²) in [6.45, 7) is 12.7. The molecule has 2 N–H and O–H groups in total. The minimum atomic E-state index is 0. The Labute approximate surface area is 167 Å². The van der Waals surface area contributed by atoms with Crippen molar-refractivity contribution < 1.29 is 0 Å². The number of nitrogens with one attached hydrogen (secondary N) is 2. The zero-order chi connectivity index (χ0) is 16.5. The molecule has 1 aromatic heterocycles. The van der Waals surface area contributed by atoms with E-state index in [9.17, 15) is 0 Å². The molecule has 0 radical (unpaired) electrons. The number of hydrogen-bond donors (Lipinski definition) is 2. The van der Waals surface area contributed by atoms with Crippen LogP contribution in [0.3, 0.4) is 0 Å². The number of aliphatic imine (C=N–C) groups is 1. The van der Waals surface area contributed by atoms with Gasteiger partial charge in [0.1, 0.15) is 0 Å². The van der Waals surface area contributed by atoms with Crippen molar-refractivity contribution in [2.75, 3.05) is 39.3 Å². The van der Waals surface area contributed by atoms with Gasteiger partial charge in [0.15, 0.2) is 5.96 Å². The van der Waals surface area contributed by atoms with Crippen LogP contribution in [0, 0.1) is 12.8 Å². The van der Waals surface area contributed by atoms with Crippen LogP contribution in [0.5, 0.6) is 0 Å².